The zero-order chi connectivity index (χ0) is 17.4. The minimum atomic E-state index is -0.198. The van der Waals surface area contributed by atoms with E-state index in [1.54, 1.807) is 6.20 Å². The highest BCUT2D eigenvalue weighted by atomic mass is 16.3. The van der Waals surface area contributed by atoms with Gasteiger partial charge < -0.3 is 15.7 Å². The average molecular weight is 329 g/mol. The highest BCUT2D eigenvalue weighted by Gasteiger charge is 2.12. The van der Waals surface area contributed by atoms with Gasteiger partial charge in [0.25, 0.3) is 0 Å². The van der Waals surface area contributed by atoms with Crippen molar-refractivity contribution < 1.29 is 9.90 Å². The summed E-state index contributed by atoms with van der Waals surface area (Å²) in [5, 5.41) is 17.1. The molecule has 2 aromatic rings. The second-order valence-electron chi connectivity index (χ2n) is 6.55. The fourth-order valence-corrected chi connectivity index (χ4v) is 2.94. The van der Waals surface area contributed by atoms with Gasteiger partial charge in [-0.2, -0.15) is 0 Å². The van der Waals surface area contributed by atoms with E-state index in [2.05, 4.69) is 29.5 Å². The SMILES string of the molecule is CC(C)CC(CCO)CNC(=O)NCc1nccc2ccccc12. The number of amides is 2. The fourth-order valence-electron chi connectivity index (χ4n) is 2.94. The quantitative estimate of drug-likeness (QED) is 0.697. The van der Waals surface area contributed by atoms with Crippen molar-refractivity contribution in [3.05, 3.63) is 42.2 Å². The van der Waals surface area contributed by atoms with Crippen LogP contribution in [-0.4, -0.2) is 29.3 Å². The van der Waals surface area contributed by atoms with E-state index in [9.17, 15) is 4.79 Å². The first kappa shape index (κ1) is 18.2. The summed E-state index contributed by atoms with van der Waals surface area (Å²) in [5.74, 6) is 0.850. The summed E-state index contributed by atoms with van der Waals surface area (Å²) in [5.41, 5.74) is 0.859. The summed E-state index contributed by atoms with van der Waals surface area (Å²) in [4.78, 5) is 16.4. The third kappa shape index (κ3) is 5.49. The van der Waals surface area contributed by atoms with Crippen LogP contribution in [0, 0.1) is 11.8 Å². The highest BCUT2D eigenvalue weighted by Crippen LogP contribution is 2.16. The number of rotatable bonds is 8. The maximum atomic E-state index is 12.0. The van der Waals surface area contributed by atoms with Crippen molar-refractivity contribution >= 4 is 16.8 Å². The zero-order valence-electron chi connectivity index (χ0n) is 14.5. The first-order chi connectivity index (χ1) is 11.6. The Kier molecular flexibility index (Phi) is 7.00. The Hall–Kier alpha value is -2.14. The van der Waals surface area contributed by atoms with Gasteiger partial charge in [0.1, 0.15) is 0 Å². The molecule has 2 rings (SSSR count). The van der Waals surface area contributed by atoms with Crippen LogP contribution >= 0.6 is 0 Å². The number of hydrogen-bond acceptors (Lipinski definition) is 3. The molecule has 3 N–H and O–H groups in total. The molecule has 1 unspecified atom stereocenters. The van der Waals surface area contributed by atoms with Crippen LogP contribution in [0.5, 0.6) is 0 Å². The lowest BCUT2D eigenvalue weighted by atomic mass is 9.94. The van der Waals surface area contributed by atoms with Gasteiger partial charge >= 0.3 is 6.03 Å². The molecule has 0 saturated carbocycles. The number of benzene rings is 1. The number of hydrogen-bond donors (Lipinski definition) is 3. The van der Waals surface area contributed by atoms with E-state index >= 15 is 0 Å². The van der Waals surface area contributed by atoms with Gasteiger partial charge in [-0.3, -0.25) is 4.98 Å². The van der Waals surface area contributed by atoms with Crippen LogP contribution in [0.3, 0.4) is 0 Å². The Balaban J connectivity index is 1.86. The number of aromatic nitrogens is 1. The third-order valence-corrected chi connectivity index (χ3v) is 4.07. The fraction of sp³-hybridized carbons (Fsp3) is 0.474. The molecule has 5 heteroatoms. The number of fused-ring (bicyclic) bond motifs is 1. The topological polar surface area (TPSA) is 74.2 Å². The van der Waals surface area contributed by atoms with Crippen molar-refractivity contribution in [1.82, 2.24) is 15.6 Å². The van der Waals surface area contributed by atoms with E-state index in [0.717, 1.165) is 22.9 Å². The van der Waals surface area contributed by atoms with Gasteiger partial charge in [0.05, 0.1) is 12.2 Å². The molecule has 0 spiro atoms. The normalized spacial score (nSPS) is 12.3. The van der Waals surface area contributed by atoms with Crippen LogP contribution in [0.4, 0.5) is 4.79 Å². The number of nitrogens with zero attached hydrogens (tertiary/aromatic N) is 1. The lowest BCUT2D eigenvalue weighted by molar-refractivity contribution is 0.224. The predicted molar refractivity (Wildman–Crippen MR) is 96.6 cm³/mol. The number of aliphatic hydroxyl groups excluding tert-OH is 1. The van der Waals surface area contributed by atoms with E-state index in [1.165, 1.54) is 0 Å². The van der Waals surface area contributed by atoms with Gasteiger partial charge in [0, 0.05) is 24.7 Å². The van der Waals surface area contributed by atoms with Gasteiger partial charge in [-0.25, -0.2) is 4.79 Å². The monoisotopic (exact) mass is 329 g/mol. The second kappa shape index (κ2) is 9.23. The number of urea groups is 1. The Morgan fingerprint density at radius 1 is 1.21 bits per heavy atom. The van der Waals surface area contributed by atoms with Crippen LogP contribution < -0.4 is 10.6 Å². The van der Waals surface area contributed by atoms with E-state index < -0.39 is 0 Å². The molecule has 2 amide bonds. The third-order valence-electron chi connectivity index (χ3n) is 4.07. The number of carbonyl (C=O) groups is 1. The van der Waals surface area contributed by atoms with Crippen molar-refractivity contribution in [3.63, 3.8) is 0 Å². The van der Waals surface area contributed by atoms with Crippen LogP contribution in [0.1, 0.15) is 32.4 Å². The molecule has 0 radical (unpaired) electrons. The maximum absolute atomic E-state index is 12.0. The number of carbonyl (C=O) groups excluding carboxylic acids is 1. The van der Waals surface area contributed by atoms with Crippen molar-refractivity contribution in [1.29, 1.82) is 0 Å². The van der Waals surface area contributed by atoms with E-state index in [0.29, 0.717) is 31.3 Å². The van der Waals surface area contributed by atoms with Crippen molar-refractivity contribution in [2.45, 2.75) is 33.2 Å². The number of aliphatic hydroxyl groups is 1. The first-order valence-electron chi connectivity index (χ1n) is 8.55. The second-order valence-corrected chi connectivity index (χ2v) is 6.55. The van der Waals surface area contributed by atoms with Crippen LogP contribution in [0.25, 0.3) is 10.8 Å². The smallest absolute Gasteiger partial charge is 0.315 e. The number of pyridine rings is 1. The molecular weight excluding hydrogens is 302 g/mol. The summed E-state index contributed by atoms with van der Waals surface area (Å²) < 4.78 is 0. The van der Waals surface area contributed by atoms with Gasteiger partial charge in [-0.05, 0) is 36.1 Å². The molecule has 1 aromatic carbocycles. The van der Waals surface area contributed by atoms with Gasteiger partial charge in [-0.15, -0.1) is 0 Å². The summed E-state index contributed by atoms with van der Waals surface area (Å²) in [6.07, 6.45) is 3.46. The molecule has 0 aliphatic carbocycles. The Labute approximate surface area is 143 Å². The molecule has 5 nitrogen and oxygen atoms in total. The molecule has 0 bridgehead atoms. The van der Waals surface area contributed by atoms with Crippen LogP contribution in [0.2, 0.25) is 0 Å². The molecule has 1 atom stereocenters. The largest absolute Gasteiger partial charge is 0.396 e. The van der Waals surface area contributed by atoms with Crippen LogP contribution in [-0.2, 0) is 6.54 Å². The Morgan fingerprint density at radius 3 is 2.75 bits per heavy atom. The van der Waals surface area contributed by atoms with Gasteiger partial charge in [0.2, 0.25) is 0 Å². The molecule has 24 heavy (non-hydrogen) atoms. The zero-order valence-corrected chi connectivity index (χ0v) is 14.5. The minimum absolute atomic E-state index is 0.153. The maximum Gasteiger partial charge on any atom is 0.315 e. The summed E-state index contributed by atoms with van der Waals surface area (Å²) >= 11 is 0. The predicted octanol–water partition coefficient (Wildman–Crippen LogP) is 3.08. The Morgan fingerprint density at radius 2 is 2.00 bits per heavy atom. The molecule has 0 aliphatic heterocycles. The number of nitrogens with one attached hydrogen (secondary N) is 2. The summed E-state index contributed by atoms with van der Waals surface area (Å²) in [6.45, 7) is 5.42. The summed E-state index contributed by atoms with van der Waals surface area (Å²) in [6, 6.07) is 9.77. The van der Waals surface area contributed by atoms with E-state index in [4.69, 9.17) is 5.11 Å². The van der Waals surface area contributed by atoms with Crippen molar-refractivity contribution in [2.75, 3.05) is 13.2 Å². The van der Waals surface area contributed by atoms with Gasteiger partial charge in [0.15, 0.2) is 0 Å². The standard InChI is InChI=1S/C19H27N3O2/c1-14(2)11-15(8-10-23)12-21-19(24)22-13-18-17-6-4-3-5-16(17)7-9-20-18/h3-7,9,14-15,23H,8,10-13H2,1-2H3,(H2,21,22,24). The lowest BCUT2D eigenvalue weighted by Gasteiger charge is -2.18. The minimum Gasteiger partial charge on any atom is -0.396 e. The molecule has 1 aromatic heterocycles. The molecule has 1 heterocycles. The molecule has 0 aliphatic rings. The van der Waals surface area contributed by atoms with Crippen LogP contribution in [0.15, 0.2) is 36.5 Å². The van der Waals surface area contributed by atoms with Crippen molar-refractivity contribution in [3.8, 4) is 0 Å². The first-order valence-corrected chi connectivity index (χ1v) is 8.55. The van der Waals surface area contributed by atoms with E-state index in [-0.39, 0.29) is 12.6 Å². The summed E-state index contributed by atoms with van der Waals surface area (Å²) in [7, 11) is 0. The lowest BCUT2D eigenvalue weighted by Crippen LogP contribution is -2.38. The molecular formula is C19H27N3O2. The Bertz CT molecular complexity index is 653. The van der Waals surface area contributed by atoms with Gasteiger partial charge in [-0.1, -0.05) is 38.1 Å². The van der Waals surface area contributed by atoms with E-state index in [1.807, 2.05) is 30.3 Å². The average Bonchev–Trinajstić information content (AvgIpc) is 2.57. The molecule has 130 valence electrons. The molecule has 0 fully saturated rings. The highest BCUT2D eigenvalue weighted by molar-refractivity contribution is 5.84. The van der Waals surface area contributed by atoms with Crippen molar-refractivity contribution in [2.24, 2.45) is 11.8 Å². The molecule has 0 saturated heterocycles.